The molecule has 2 rings (SSSR count). The van der Waals surface area contributed by atoms with Crippen LogP contribution in [0.5, 0.6) is 0 Å². The smallest absolute Gasteiger partial charge is 0.0233 e. The third-order valence-electron chi connectivity index (χ3n) is 4.87. The molecule has 2 nitrogen and oxygen atoms in total. The lowest BCUT2D eigenvalue weighted by Crippen LogP contribution is -2.30. The average Bonchev–Trinajstić information content (AvgIpc) is 2.67. The second-order valence-corrected chi connectivity index (χ2v) is 6.73. The number of nitrogens with zero attached hydrogens (tertiary/aromatic N) is 2. The Morgan fingerprint density at radius 1 is 0.600 bits per heavy atom. The number of rotatable bonds is 12. The van der Waals surface area contributed by atoms with Crippen LogP contribution in [-0.2, 0) is 13.0 Å². The van der Waals surface area contributed by atoms with Crippen molar-refractivity contribution >= 4 is 0 Å². The van der Waals surface area contributed by atoms with E-state index in [1.165, 1.54) is 50.0 Å². The summed E-state index contributed by atoms with van der Waals surface area (Å²) in [7, 11) is 0. The first-order valence-electron chi connectivity index (χ1n) is 9.84. The van der Waals surface area contributed by atoms with Crippen molar-refractivity contribution in [2.45, 2.75) is 39.7 Å². The minimum absolute atomic E-state index is 1.06. The minimum atomic E-state index is 1.06. The van der Waals surface area contributed by atoms with Gasteiger partial charge in [-0.2, -0.15) is 0 Å². The fourth-order valence-electron chi connectivity index (χ4n) is 3.32. The van der Waals surface area contributed by atoms with Crippen LogP contribution in [0.3, 0.4) is 0 Å². The zero-order valence-electron chi connectivity index (χ0n) is 16.0. The van der Waals surface area contributed by atoms with Gasteiger partial charge in [-0.05, 0) is 63.1 Å². The molecule has 0 heterocycles. The van der Waals surface area contributed by atoms with Crippen molar-refractivity contribution in [3.8, 4) is 0 Å². The molecule has 0 N–H and O–H groups in total. The monoisotopic (exact) mass is 338 g/mol. The summed E-state index contributed by atoms with van der Waals surface area (Å²) in [5.41, 5.74) is 2.87. The third kappa shape index (κ3) is 7.85. The van der Waals surface area contributed by atoms with Gasteiger partial charge in [-0.3, -0.25) is 4.90 Å². The number of benzene rings is 2. The van der Waals surface area contributed by atoms with Gasteiger partial charge in [-0.25, -0.2) is 0 Å². The second-order valence-electron chi connectivity index (χ2n) is 6.73. The van der Waals surface area contributed by atoms with Gasteiger partial charge in [0.1, 0.15) is 0 Å². The second kappa shape index (κ2) is 11.8. The highest BCUT2D eigenvalue weighted by Crippen LogP contribution is 2.09. The average molecular weight is 339 g/mol. The van der Waals surface area contributed by atoms with Crippen molar-refractivity contribution < 1.29 is 0 Å². The molecule has 0 aliphatic carbocycles. The molecular formula is C23H34N2. The summed E-state index contributed by atoms with van der Waals surface area (Å²) in [5.74, 6) is 0. The lowest BCUT2D eigenvalue weighted by atomic mass is 10.1. The Morgan fingerprint density at radius 2 is 1.12 bits per heavy atom. The molecule has 0 radical (unpaired) electrons. The first-order chi connectivity index (χ1) is 12.3. The third-order valence-corrected chi connectivity index (χ3v) is 4.87. The highest BCUT2D eigenvalue weighted by atomic mass is 15.1. The largest absolute Gasteiger partial charge is 0.304 e. The first-order valence-corrected chi connectivity index (χ1v) is 9.84. The maximum Gasteiger partial charge on any atom is 0.0233 e. The lowest BCUT2D eigenvalue weighted by molar-refractivity contribution is 0.228. The van der Waals surface area contributed by atoms with Crippen molar-refractivity contribution in [1.29, 1.82) is 0 Å². The molecule has 0 amide bonds. The van der Waals surface area contributed by atoms with Crippen LogP contribution in [-0.4, -0.2) is 42.5 Å². The van der Waals surface area contributed by atoms with E-state index in [9.17, 15) is 0 Å². The Bertz CT molecular complexity index is 549. The highest BCUT2D eigenvalue weighted by Gasteiger charge is 2.07. The molecule has 2 aromatic carbocycles. The van der Waals surface area contributed by atoms with Crippen LogP contribution in [0, 0.1) is 0 Å². The van der Waals surface area contributed by atoms with E-state index in [-0.39, 0.29) is 0 Å². The normalized spacial score (nSPS) is 11.4. The molecule has 0 saturated heterocycles. The van der Waals surface area contributed by atoms with Crippen LogP contribution in [0.25, 0.3) is 0 Å². The molecule has 2 aromatic rings. The standard InChI is InChI=1S/C23H34N2/c1-3-24(4-2)19-12-20-25(21-23-15-9-6-10-16-23)18-11-17-22-13-7-5-8-14-22/h5-10,13-16H,3-4,11-12,17-21H2,1-2H3. The van der Waals surface area contributed by atoms with Gasteiger partial charge in [0.2, 0.25) is 0 Å². The van der Waals surface area contributed by atoms with Gasteiger partial charge >= 0.3 is 0 Å². The van der Waals surface area contributed by atoms with Crippen LogP contribution in [0.4, 0.5) is 0 Å². The molecule has 0 aromatic heterocycles. The Morgan fingerprint density at radius 3 is 1.72 bits per heavy atom. The number of hydrogen-bond acceptors (Lipinski definition) is 2. The maximum absolute atomic E-state index is 2.63. The van der Waals surface area contributed by atoms with E-state index in [0.29, 0.717) is 0 Å². The van der Waals surface area contributed by atoms with Crippen LogP contribution in [0.2, 0.25) is 0 Å². The molecule has 0 aliphatic heterocycles. The van der Waals surface area contributed by atoms with E-state index < -0.39 is 0 Å². The first kappa shape index (κ1) is 19.7. The number of hydrogen-bond donors (Lipinski definition) is 0. The summed E-state index contributed by atoms with van der Waals surface area (Å²) in [4.78, 5) is 5.15. The lowest BCUT2D eigenvalue weighted by Gasteiger charge is -2.25. The zero-order valence-corrected chi connectivity index (χ0v) is 16.0. The predicted octanol–water partition coefficient (Wildman–Crippen LogP) is 4.85. The molecule has 0 bridgehead atoms. The maximum atomic E-state index is 2.63. The Kier molecular flexibility index (Phi) is 9.32. The molecule has 0 saturated carbocycles. The van der Waals surface area contributed by atoms with Gasteiger partial charge < -0.3 is 4.90 Å². The van der Waals surface area contributed by atoms with Crippen molar-refractivity contribution in [3.05, 3.63) is 71.8 Å². The summed E-state index contributed by atoms with van der Waals surface area (Å²) in [6.45, 7) is 11.4. The molecule has 0 fully saturated rings. The Hall–Kier alpha value is -1.64. The van der Waals surface area contributed by atoms with Crippen LogP contribution >= 0.6 is 0 Å². The van der Waals surface area contributed by atoms with Crippen molar-refractivity contribution in [2.75, 3.05) is 32.7 Å². The minimum Gasteiger partial charge on any atom is -0.304 e. The molecule has 0 atom stereocenters. The molecule has 0 aliphatic rings. The molecule has 0 spiro atoms. The molecular weight excluding hydrogens is 304 g/mol. The van der Waals surface area contributed by atoms with Crippen LogP contribution in [0.15, 0.2) is 60.7 Å². The topological polar surface area (TPSA) is 6.48 Å². The Labute approximate surface area is 154 Å². The van der Waals surface area contributed by atoms with Gasteiger partial charge in [-0.1, -0.05) is 74.5 Å². The quantitative estimate of drug-likeness (QED) is 0.546. The summed E-state index contributed by atoms with van der Waals surface area (Å²) in [6.07, 6.45) is 3.64. The van der Waals surface area contributed by atoms with Gasteiger partial charge in [0.05, 0.1) is 0 Å². The van der Waals surface area contributed by atoms with E-state index in [2.05, 4.69) is 84.3 Å². The van der Waals surface area contributed by atoms with Crippen LogP contribution < -0.4 is 0 Å². The zero-order chi connectivity index (χ0) is 17.7. The van der Waals surface area contributed by atoms with E-state index in [1.807, 2.05) is 0 Å². The van der Waals surface area contributed by atoms with E-state index in [1.54, 1.807) is 0 Å². The van der Waals surface area contributed by atoms with Gasteiger partial charge in [-0.15, -0.1) is 0 Å². The number of aryl methyl sites for hydroxylation is 1. The van der Waals surface area contributed by atoms with Crippen molar-refractivity contribution in [2.24, 2.45) is 0 Å². The summed E-state index contributed by atoms with van der Waals surface area (Å²) in [6, 6.07) is 21.7. The molecule has 136 valence electrons. The summed E-state index contributed by atoms with van der Waals surface area (Å²) >= 11 is 0. The van der Waals surface area contributed by atoms with Crippen molar-refractivity contribution in [3.63, 3.8) is 0 Å². The fraction of sp³-hybridized carbons (Fsp3) is 0.478. The summed E-state index contributed by atoms with van der Waals surface area (Å²) < 4.78 is 0. The van der Waals surface area contributed by atoms with Gasteiger partial charge in [0.25, 0.3) is 0 Å². The van der Waals surface area contributed by atoms with E-state index in [0.717, 1.165) is 19.6 Å². The van der Waals surface area contributed by atoms with Crippen LogP contribution in [0.1, 0.15) is 37.8 Å². The molecule has 25 heavy (non-hydrogen) atoms. The molecule has 0 unspecified atom stereocenters. The fourth-order valence-corrected chi connectivity index (χ4v) is 3.32. The highest BCUT2D eigenvalue weighted by molar-refractivity contribution is 5.15. The van der Waals surface area contributed by atoms with E-state index in [4.69, 9.17) is 0 Å². The van der Waals surface area contributed by atoms with Gasteiger partial charge in [0, 0.05) is 6.54 Å². The Balaban J connectivity index is 1.82. The SMILES string of the molecule is CCN(CC)CCCN(CCCc1ccccc1)Cc1ccccc1. The predicted molar refractivity (Wildman–Crippen MR) is 109 cm³/mol. The van der Waals surface area contributed by atoms with E-state index >= 15 is 0 Å². The van der Waals surface area contributed by atoms with Crippen molar-refractivity contribution in [1.82, 2.24) is 9.80 Å². The summed E-state index contributed by atoms with van der Waals surface area (Å²) in [5, 5.41) is 0. The van der Waals surface area contributed by atoms with Gasteiger partial charge in [0.15, 0.2) is 0 Å². The molecule has 2 heteroatoms.